The standard InChI is InChI=1S/C23H18BrNO2S2/c1-2-25-22(26)21(29-23(25)28)13-18-12-19(24)9-10-20(18)27-14-15-7-8-16-5-3-4-6-17(16)11-15/h3-13H,2,14H2,1H3. The van der Waals surface area contributed by atoms with E-state index in [-0.39, 0.29) is 5.91 Å². The molecule has 1 amide bonds. The first-order valence-electron chi connectivity index (χ1n) is 9.20. The molecular weight excluding hydrogens is 466 g/mol. The monoisotopic (exact) mass is 483 g/mol. The summed E-state index contributed by atoms with van der Waals surface area (Å²) in [6, 6.07) is 20.4. The van der Waals surface area contributed by atoms with Gasteiger partial charge >= 0.3 is 0 Å². The van der Waals surface area contributed by atoms with E-state index >= 15 is 0 Å². The molecule has 0 atom stereocenters. The van der Waals surface area contributed by atoms with Crippen molar-refractivity contribution in [2.75, 3.05) is 6.54 Å². The number of halogens is 1. The van der Waals surface area contributed by atoms with Crippen LogP contribution in [0.4, 0.5) is 0 Å². The quantitative estimate of drug-likeness (QED) is 0.310. The predicted octanol–water partition coefficient (Wildman–Crippen LogP) is 6.40. The van der Waals surface area contributed by atoms with E-state index in [4.69, 9.17) is 17.0 Å². The Labute approximate surface area is 187 Å². The number of likely N-dealkylation sites (N-methyl/N-ethyl adjacent to an activating group) is 1. The number of rotatable bonds is 5. The van der Waals surface area contributed by atoms with Crippen molar-refractivity contribution in [3.8, 4) is 5.75 Å². The summed E-state index contributed by atoms with van der Waals surface area (Å²) in [7, 11) is 0. The van der Waals surface area contributed by atoms with Gasteiger partial charge in [-0.1, -0.05) is 76.3 Å². The normalized spacial score (nSPS) is 15.5. The number of benzene rings is 3. The minimum atomic E-state index is -0.0528. The lowest BCUT2D eigenvalue weighted by Crippen LogP contribution is -2.27. The Hall–Kier alpha value is -2.15. The molecule has 3 aromatic rings. The average molecular weight is 484 g/mol. The van der Waals surface area contributed by atoms with E-state index in [1.807, 2.05) is 43.3 Å². The minimum absolute atomic E-state index is 0.0528. The number of carbonyl (C=O) groups is 1. The molecule has 1 aliphatic heterocycles. The molecule has 0 aromatic heterocycles. The second kappa shape index (κ2) is 8.69. The van der Waals surface area contributed by atoms with Gasteiger partial charge in [0.25, 0.3) is 5.91 Å². The highest BCUT2D eigenvalue weighted by molar-refractivity contribution is 9.10. The van der Waals surface area contributed by atoms with E-state index in [2.05, 4.69) is 46.3 Å². The Morgan fingerprint density at radius 3 is 2.66 bits per heavy atom. The van der Waals surface area contributed by atoms with Crippen LogP contribution >= 0.6 is 39.9 Å². The first-order valence-corrected chi connectivity index (χ1v) is 11.2. The van der Waals surface area contributed by atoms with Crippen molar-refractivity contribution >= 4 is 67.0 Å². The van der Waals surface area contributed by atoms with Gasteiger partial charge in [-0.25, -0.2) is 0 Å². The fraction of sp³-hybridized carbons (Fsp3) is 0.130. The lowest BCUT2D eigenvalue weighted by molar-refractivity contribution is -0.121. The highest BCUT2D eigenvalue weighted by Gasteiger charge is 2.30. The minimum Gasteiger partial charge on any atom is -0.488 e. The summed E-state index contributed by atoms with van der Waals surface area (Å²) in [4.78, 5) is 14.8. The van der Waals surface area contributed by atoms with Gasteiger partial charge in [0, 0.05) is 16.6 Å². The van der Waals surface area contributed by atoms with Crippen LogP contribution in [0.1, 0.15) is 18.1 Å². The molecule has 0 N–H and O–H groups in total. The van der Waals surface area contributed by atoms with Gasteiger partial charge in [0.15, 0.2) is 0 Å². The second-order valence-corrected chi connectivity index (χ2v) is 9.17. The van der Waals surface area contributed by atoms with Gasteiger partial charge in [-0.2, -0.15) is 0 Å². The number of fused-ring (bicyclic) bond motifs is 1. The number of amides is 1. The molecular formula is C23H18BrNO2S2. The van der Waals surface area contributed by atoms with Gasteiger partial charge < -0.3 is 4.74 Å². The third kappa shape index (κ3) is 4.39. The first-order chi connectivity index (χ1) is 14.0. The van der Waals surface area contributed by atoms with Crippen molar-refractivity contribution in [2.24, 2.45) is 0 Å². The number of hydrogen-bond acceptors (Lipinski definition) is 4. The lowest BCUT2D eigenvalue weighted by atomic mass is 10.1. The number of carbonyl (C=O) groups excluding carboxylic acids is 1. The molecule has 0 saturated carbocycles. The van der Waals surface area contributed by atoms with Crippen LogP contribution in [0.25, 0.3) is 16.8 Å². The third-order valence-corrected chi connectivity index (χ3v) is 6.53. The van der Waals surface area contributed by atoms with Crippen LogP contribution in [0.5, 0.6) is 5.75 Å². The molecule has 0 aliphatic carbocycles. The zero-order valence-electron chi connectivity index (χ0n) is 15.7. The molecule has 0 radical (unpaired) electrons. The molecule has 1 fully saturated rings. The van der Waals surface area contributed by atoms with E-state index in [0.717, 1.165) is 21.3 Å². The van der Waals surface area contributed by atoms with Crippen molar-refractivity contribution in [3.63, 3.8) is 0 Å². The van der Waals surface area contributed by atoms with Crippen LogP contribution in [0.3, 0.4) is 0 Å². The van der Waals surface area contributed by atoms with Gasteiger partial charge in [-0.15, -0.1) is 0 Å². The Kier molecular flexibility index (Phi) is 6.04. The molecule has 0 unspecified atom stereocenters. The Morgan fingerprint density at radius 1 is 1.10 bits per heavy atom. The van der Waals surface area contributed by atoms with Crippen LogP contribution in [-0.2, 0) is 11.4 Å². The van der Waals surface area contributed by atoms with Gasteiger partial charge in [0.2, 0.25) is 0 Å². The molecule has 146 valence electrons. The second-order valence-electron chi connectivity index (χ2n) is 6.58. The van der Waals surface area contributed by atoms with Crippen molar-refractivity contribution in [3.05, 3.63) is 81.2 Å². The van der Waals surface area contributed by atoms with Crippen molar-refractivity contribution < 1.29 is 9.53 Å². The molecule has 1 saturated heterocycles. The van der Waals surface area contributed by atoms with E-state index in [0.29, 0.717) is 22.4 Å². The topological polar surface area (TPSA) is 29.5 Å². The summed E-state index contributed by atoms with van der Waals surface area (Å²) in [6.07, 6.45) is 1.86. The number of ether oxygens (including phenoxy) is 1. The molecule has 29 heavy (non-hydrogen) atoms. The maximum Gasteiger partial charge on any atom is 0.266 e. The maximum absolute atomic E-state index is 12.5. The van der Waals surface area contributed by atoms with Crippen LogP contribution < -0.4 is 4.74 Å². The fourth-order valence-electron chi connectivity index (χ4n) is 3.17. The zero-order valence-corrected chi connectivity index (χ0v) is 18.9. The highest BCUT2D eigenvalue weighted by Crippen LogP contribution is 2.35. The number of thiocarbonyl (C=S) groups is 1. The van der Waals surface area contributed by atoms with Gasteiger partial charge in [0.1, 0.15) is 16.7 Å². The summed E-state index contributed by atoms with van der Waals surface area (Å²) in [5.74, 6) is 0.672. The fourth-order valence-corrected chi connectivity index (χ4v) is 4.92. The molecule has 1 aliphatic rings. The van der Waals surface area contributed by atoms with Crippen molar-refractivity contribution in [1.29, 1.82) is 0 Å². The Bertz CT molecular complexity index is 1140. The van der Waals surface area contributed by atoms with Crippen molar-refractivity contribution in [1.82, 2.24) is 4.90 Å². The number of thioether (sulfide) groups is 1. The highest BCUT2D eigenvalue weighted by atomic mass is 79.9. The predicted molar refractivity (Wildman–Crippen MR) is 128 cm³/mol. The van der Waals surface area contributed by atoms with Gasteiger partial charge in [-0.3, -0.25) is 9.69 Å². The first kappa shape index (κ1) is 20.1. The molecule has 1 heterocycles. The summed E-state index contributed by atoms with van der Waals surface area (Å²) in [5, 5.41) is 2.39. The van der Waals surface area contributed by atoms with E-state index in [1.165, 1.54) is 22.5 Å². The maximum atomic E-state index is 12.5. The molecule has 0 spiro atoms. The smallest absolute Gasteiger partial charge is 0.266 e. The van der Waals surface area contributed by atoms with Gasteiger partial charge in [0.05, 0.1) is 4.91 Å². The van der Waals surface area contributed by atoms with E-state index in [9.17, 15) is 4.79 Å². The molecule has 3 aromatic carbocycles. The lowest BCUT2D eigenvalue weighted by Gasteiger charge is -2.11. The van der Waals surface area contributed by atoms with Crippen LogP contribution in [0.15, 0.2) is 70.0 Å². The summed E-state index contributed by atoms with van der Waals surface area (Å²) < 4.78 is 7.64. The van der Waals surface area contributed by atoms with E-state index in [1.54, 1.807) is 4.90 Å². The summed E-state index contributed by atoms with van der Waals surface area (Å²) in [6.45, 7) is 2.94. The number of hydrogen-bond donors (Lipinski definition) is 0. The third-order valence-electron chi connectivity index (χ3n) is 4.66. The van der Waals surface area contributed by atoms with Crippen LogP contribution in [0, 0.1) is 0 Å². The van der Waals surface area contributed by atoms with Crippen LogP contribution in [-0.4, -0.2) is 21.7 Å². The Morgan fingerprint density at radius 2 is 1.90 bits per heavy atom. The number of nitrogens with zero attached hydrogens (tertiary/aromatic N) is 1. The molecule has 6 heteroatoms. The molecule has 3 nitrogen and oxygen atoms in total. The van der Waals surface area contributed by atoms with Crippen LogP contribution in [0.2, 0.25) is 0 Å². The van der Waals surface area contributed by atoms with Crippen molar-refractivity contribution in [2.45, 2.75) is 13.5 Å². The SMILES string of the molecule is CCN1C(=O)C(=Cc2cc(Br)ccc2OCc2ccc3ccccc3c2)SC1=S. The average Bonchev–Trinajstić information content (AvgIpc) is 2.99. The summed E-state index contributed by atoms with van der Waals surface area (Å²) in [5.41, 5.74) is 1.94. The molecule has 4 rings (SSSR count). The molecule has 0 bridgehead atoms. The van der Waals surface area contributed by atoms with Gasteiger partial charge in [-0.05, 0) is 53.6 Å². The Balaban J connectivity index is 1.59. The zero-order chi connectivity index (χ0) is 20.4. The van der Waals surface area contributed by atoms with E-state index < -0.39 is 0 Å². The largest absolute Gasteiger partial charge is 0.488 e. The summed E-state index contributed by atoms with van der Waals surface area (Å²) >= 11 is 10.1.